The summed E-state index contributed by atoms with van der Waals surface area (Å²) in [6.07, 6.45) is 1.83. The van der Waals surface area contributed by atoms with E-state index in [2.05, 4.69) is 10.6 Å². The Balaban J connectivity index is 4.22. The zero-order valence-electron chi connectivity index (χ0n) is 12.0. The molecular formula is C13H27N3O2. The third-order valence-electron chi connectivity index (χ3n) is 2.87. The third-order valence-corrected chi connectivity index (χ3v) is 2.87. The summed E-state index contributed by atoms with van der Waals surface area (Å²) < 4.78 is 0. The van der Waals surface area contributed by atoms with Crippen LogP contribution in [0.3, 0.4) is 0 Å². The van der Waals surface area contributed by atoms with Crippen molar-refractivity contribution in [2.24, 2.45) is 17.6 Å². The number of rotatable bonds is 8. The molecule has 0 aromatic rings. The van der Waals surface area contributed by atoms with Crippen molar-refractivity contribution >= 4 is 11.8 Å². The molecule has 0 bridgehead atoms. The van der Waals surface area contributed by atoms with E-state index in [1.54, 1.807) is 7.05 Å². The average molecular weight is 257 g/mol. The highest BCUT2D eigenvalue weighted by Crippen LogP contribution is 2.07. The van der Waals surface area contributed by atoms with Gasteiger partial charge in [0, 0.05) is 13.5 Å². The SMILES string of the molecule is CNC(=O)C(CC(C)C)NC(=O)CCC(C)CN. The van der Waals surface area contributed by atoms with Gasteiger partial charge in [0.05, 0.1) is 0 Å². The predicted molar refractivity (Wildman–Crippen MR) is 72.9 cm³/mol. The zero-order valence-corrected chi connectivity index (χ0v) is 12.0. The minimum absolute atomic E-state index is 0.0791. The number of likely N-dealkylation sites (N-methyl/N-ethyl adjacent to an activating group) is 1. The van der Waals surface area contributed by atoms with Gasteiger partial charge >= 0.3 is 0 Å². The van der Waals surface area contributed by atoms with E-state index in [1.807, 2.05) is 20.8 Å². The number of carbonyl (C=O) groups excluding carboxylic acids is 2. The van der Waals surface area contributed by atoms with Crippen LogP contribution in [0.2, 0.25) is 0 Å². The lowest BCUT2D eigenvalue weighted by Gasteiger charge is -2.19. The number of nitrogens with one attached hydrogen (secondary N) is 2. The monoisotopic (exact) mass is 257 g/mol. The van der Waals surface area contributed by atoms with Gasteiger partial charge in [-0.15, -0.1) is 0 Å². The third kappa shape index (κ3) is 7.27. The van der Waals surface area contributed by atoms with E-state index in [-0.39, 0.29) is 11.8 Å². The van der Waals surface area contributed by atoms with Crippen molar-refractivity contribution in [3.8, 4) is 0 Å². The largest absolute Gasteiger partial charge is 0.357 e. The molecule has 5 heteroatoms. The molecule has 5 nitrogen and oxygen atoms in total. The molecule has 106 valence electrons. The van der Waals surface area contributed by atoms with Crippen molar-refractivity contribution in [2.45, 2.75) is 46.1 Å². The molecule has 4 N–H and O–H groups in total. The van der Waals surface area contributed by atoms with E-state index in [0.29, 0.717) is 31.2 Å². The highest BCUT2D eigenvalue weighted by molar-refractivity contribution is 5.87. The first-order valence-corrected chi connectivity index (χ1v) is 6.61. The Morgan fingerprint density at radius 3 is 2.28 bits per heavy atom. The van der Waals surface area contributed by atoms with Gasteiger partial charge in [0.2, 0.25) is 11.8 Å². The molecule has 2 atom stereocenters. The average Bonchev–Trinajstić information content (AvgIpc) is 2.33. The van der Waals surface area contributed by atoms with Gasteiger partial charge in [-0.25, -0.2) is 0 Å². The predicted octanol–water partition coefficient (Wildman–Crippen LogP) is 0.638. The van der Waals surface area contributed by atoms with Crippen molar-refractivity contribution in [2.75, 3.05) is 13.6 Å². The van der Waals surface area contributed by atoms with E-state index >= 15 is 0 Å². The topological polar surface area (TPSA) is 84.2 Å². The first-order valence-electron chi connectivity index (χ1n) is 6.61. The van der Waals surface area contributed by atoms with Gasteiger partial charge in [0.1, 0.15) is 6.04 Å². The van der Waals surface area contributed by atoms with Crippen LogP contribution in [0.4, 0.5) is 0 Å². The highest BCUT2D eigenvalue weighted by atomic mass is 16.2. The van der Waals surface area contributed by atoms with Crippen molar-refractivity contribution in [3.05, 3.63) is 0 Å². The standard InChI is InChI=1S/C13H27N3O2/c1-9(2)7-11(13(18)15-4)16-12(17)6-5-10(3)8-14/h9-11H,5-8,14H2,1-4H3,(H,15,18)(H,16,17). The van der Waals surface area contributed by atoms with Crippen LogP contribution in [0, 0.1) is 11.8 Å². The first kappa shape index (κ1) is 16.9. The molecule has 2 amide bonds. The summed E-state index contributed by atoms with van der Waals surface area (Å²) >= 11 is 0. The summed E-state index contributed by atoms with van der Waals surface area (Å²) in [4.78, 5) is 23.4. The fraction of sp³-hybridized carbons (Fsp3) is 0.846. The van der Waals surface area contributed by atoms with Crippen LogP contribution in [-0.4, -0.2) is 31.4 Å². The second kappa shape index (κ2) is 8.91. The van der Waals surface area contributed by atoms with Crippen molar-refractivity contribution < 1.29 is 9.59 Å². The molecule has 0 spiro atoms. The van der Waals surface area contributed by atoms with E-state index in [0.717, 1.165) is 6.42 Å². The van der Waals surface area contributed by atoms with Gasteiger partial charge in [0.25, 0.3) is 0 Å². The molecule has 0 saturated carbocycles. The molecule has 0 aliphatic heterocycles. The summed E-state index contributed by atoms with van der Waals surface area (Å²) in [7, 11) is 1.58. The quantitative estimate of drug-likeness (QED) is 0.596. The van der Waals surface area contributed by atoms with Gasteiger partial charge in [-0.05, 0) is 31.2 Å². The summed E-state index contributed by atoms with van der Waals surface area (Å²) in [5.41, 5.74) is 5.50. The zero-order chi connectivity index (χ0) is 14.1. The molecule has 0 saturated heterocycles. The van der Waals surface area contributed by atoms with Crippen LogP contribution in [0.15, 0.2) is 0 Å². The van der Waals surface area contributed by atoms with Crippen molar-refractivity contribution in [3.63, 3.8) is 0 Å². The van der Waals surface area contributed by atoms with Gasteiger partial charge in [-0.2, -0.15) is 0 Å². The molecule has 2 unspecified atom stereocenters. The number of hydrogen-bond donors (Lipinski definition) is 3. The van der Waals surface area contributed by atoms with Gasteiger partial charge in [0.15, 0.2) is 0 Å². The van der Waals surface area contributed by atoms with Gasteiger partial charge in [-0.1, -0.05) is 20.8 Å². The van der Waals surface area contributed by atoms with Crippen LogP contribution >= 0.6 is 0 Å². The maximum Gasteiger partial charge on any atom is 0.242 e. The fourth-order valence-corrected chi connectivity index (χ4v) is 1.64. The number of hydrogen-bond acceptors (Lipinski definition) is 3. The molecule has 0 aliphatic rings. The Bertz CT molecular complexity index is 267. The molecule has 0 aromatic heterocycles. The molecule has 0 rings (SSSR count). The van der Waals surface area contributed by atoms with Gasteiger partial charge < -0.3 is 16.4 Å². The Kier molecular flexibility index (Phi) is 8.37. The normalized spacial score (nSPS) is 14.1. The highest BCUT2D eigenvalue weighted by Gasteiger charge is 2.20. The fourth-order valence-electron chi connectivity index (χ4n) is 1.64. The van der Waals surface area contributed by atoms with Crippen LogP contribution in [0.5, 0.6) is 0 Å². The summed E-state index contributed by atoms with van der Waals surface area (Å²) in [5, 5.41) is 5.36. The lowest BCUT2D eigenvalue weighted by atomic mass is 10.0. The minimum atomic E-state index is -0.435. The lowest BCUT2D eigenvalue weighted by Crippen LogP contribution is -2.46. The molecule has 0 heterocycles. The Morgan fingerprint density at radius 2 is 1.83 bits per heavy atom. The number of carbonyl (C=O) groups is 2. The van der Waals surface area contributed by atoms with E-state index in [9.17, 15) is 9.59 Å². The second-order valence-electron chi connectivity index (χ2n) is 5.24. The van der Waals surface area contributed by atoms with Crippen molar-refractivity contribution in [1.29, 1.82) is 0 Å². The number of nitrogens with two attached hydrogens (primary N) is 1. The maximum absolute atomic E-state index is 11.7. The smallest absolute Gasteiger partial charge is 0.242 e. The van der Waals surface area contributed by atoms with E-state index < -0.39 is 6.04 Å². The molecule has 0 radical (unpaired) electrons. The van der Waals surface area contributed by atoms with E-state index in [4.69, 9.17) is 5.73 Å². The lowest BCUT2D eigenvalue weighted by molar-refractivity contribution is -0.129. The van der Waals surface area contributed by atoms with Crippen LogP contribution in [0.25, 0.3) is 0 Å². The maximum atomic E-state index is 11.7. The van der Waals surface area contributed by atoms with Crippen molar-refractivity contribution in [1.82, 2.24) is 10.6 Å². The van der Waals surface area contributed by atoms with Crippen LogP contribution < -0.4 is 16.4 Å². The molecular weight excluding hydrogens is 230 g/mol. The molecule has 0 fully saturated rings. The van der Waals surface area contributed by atoms with Crippen LogP contribution in [0.1, 0.15) is 40.0 Å². The number of amides is 2. The molecule has 0 aliphatic carbocycles. The first-order chi connectivity index (χ1) is 8.40. The molecule has 18 heavy (non-hydrogen) atoms. The minimum Gasteiger partial charge on any atom is -0.357 e. The Labute approximate surface area is 110 Å². The van der Waals surface area contributed by atoms with E-state index in [1.165, 1.54) is 0 Å². The molecule has 0 aromatic carbocycles. The Morgan fingerprint density at radius 1 is 1.22 bits per heavy atom. The summed E-state index contributed by atoms with van der Waals surface area (Å²) in [6, 6.07) is -0.435. The van der Waals surface area contributed by atoms with Gasteiger partial charge in [-0.3, -0.25) is 9.59 Å². The summed E-state index contributed by atoms with van der Waals surface area (Å²) in [5.74, 6) is 0.475. The Hall–Kier alpha value is -1.10. The van der Waals surface area contributed by atoms with Crippen LogP contribution in [-0.2, 0) is 9.59 Å². The summed E-state index contributed by atoms with van der Waals surface area (Å²) in [6.45, 7) is 6.65. The second-order valence-corrected chi connectivity index (χ2v) is 5.24.